The molecule has 5 nitrogen and oxygen atoms in total. The van der Waals surface area contributed by atoms with Gasteiger partial charge < -0.3 is 10.5 Å². The van der Waals surface area contributed by atoms with Gasteiger partial charge in [-0.2, -0.15) is 0 Å². The minimum absolute atomic E-state index is 0.0296. The number of halogens is 2. The molecule has 3 N–H and O–H groups in total. The lowest BCUT2D eigenvalue weighted by Crippen LogP contribution is -2.33. The highest BCUT2D eigenvalue weighted by Gasteiger charge is 2.29. The Bertz CT molecular complexity index is 624. The van der Waals surface area contributed by atoms with Crippen molar-refractivity contribution in [3.63, 3.8) is 0 Å². The molecule has 0 spiro atoms. The second kappa shape index (κ2) is 6.48. The Morgan fingerprint density at radius 2 is 2.24 bits per heavy atom. The predicted octanol–water partition coefficient (Wildman–Crippen LogP) is 2.15. The number of sulfonamides is 1. The van der Waals surface area contributed by atoms with Gasteiger partial charge in [-0.3, -0.25) is 0 Å². The molecular weight excluding hydrogens is 319 g/mol. The van der Waals surface area contributed by atoms with Crippen LogP contribution in [-0.4, -0.2) is 27.7 Å². The van der Waals surface area contributed by atoms with Crippen molar-refractivity contribution in [3.05, 3.63) is 23.0 Å². The fourth-order valence-electron chi connectivity index (χ4n) is 2.45. The van der Waals surface area contributed by atoms with Crippen LogP contribution in [0.2, 0.25) is 5.02 Å². The fourth-order valence-corrected chi connectivity index (χ4v) is 3.97. The van der Waals surface area contributed by atoms with Gasteiger partial charge in [0.1, 0.15) is 4.90 Å². The predicted molar refractivity (Wildman–Crippen MR) is 79.1 cm³/mol. The zero-order valence-electron chi connectivity index (χ0n) is 11.6. The van der Waals surface area contributed by atoms with Gasteiger partial charge in [0, 0.05) is 24.1 Å². The summed E-state index contributed by atoms with van der Waals surface area (Å²) in [6.45, 7) is 2.80. The summed E-state index contributed by atoms with van der Waals surface area (Å²) in [5.41, 5.74) is 5.12. The minimum atomic E-state index is -4.00. The Hall–Kier alpha value is -0.890. The number of nitrogens with one attached hydrogen (secondary N) is 1. The normalized spacial score (nSPS) is 22.6. The molecule has 1 aliphatic heterocycles. The van der Waals surface area contributed by atoms with E-state index in [4.69, 9.17) is 22.1 Å². The van der Waals surface area contributed by atoms with Crippen molar-refractivity contribution < 1.29 is 17.5 Å². The van der Waals surface area contributed by atoms with E-state index in [1.807, 2.05) is 6.92 Å². The van der Waals surface area contributed by atoms with E-state index in [-0.39, 0.29) is 29.3 Å². The first-order valence-corrected chi connectivity index (χ1v) is 8.57. The van der Waals surface area contributed by atoms with Crippen LogP contribution in [0, 0.1) is 11.7 Å². The topological polar surface area (TPSA) is 81.4 Å². The lowest BCUT2D eigenvalue weighted by molar-refractivity contribution is 0.0884. The quantitative estimate of drug-likeness (QED) is 0.807. The van der Waals surface area contributed by atoms with Crippen molar-refractivity contribution in [2.75, 3.05) is 18.9 Å². The molecule has 1 fully saturated rings. The molecule has 0 bridgehead atoms. The van der Waals surface area contributed by atoms with E-state index in [0.717, 1.165) is 18.9 Å². The van der Waals surface area contributed by atoms with Gasteiger partial charge in [0.05, 0.1) is 11.8 Å². The van der Waals surface area contributed by atoms with Crippen molar-refractivity contribution in [1.29, 1.82) is 0 Å². The van der Waals surface area contributed by atoms with Crippen LogP contribution in [0.1, 0.15) is 19.8 Å². The second-order valence-corrected chi connectivity index (χ2v) is 7.20. The summed E-state index contributed by atoms with van der Waals surface area (Å²) in [6.07, 6.45) is 1.62. The summed E-state index contributed by atoms with van der Waals surface area (Å²) >= 11 is 5.74. The molecule has 1 aromatic carbocycles. The Labute approximate surface area is 128 Å². The summed E-state index contributed by atoms with van der Waals surface area (Å²) < 4.78 is 46.2. The van der Waals surface area contributed by atoms with E-state index in [0.29, 0.717) is 6.61 Å². The number of nitrogen functional groups attached to an aromatic ring is 1. The number of nitrogens with two attached hydrogens (primary N) is 1. The molecular formula is C13H18ClFN2O3S. The van der Waals surface area contributed by atoms with Crippen molar-refractivity contribution >= 4 is 27.3 Å². The fraction of sp³-hybridized carbons (Fsp3) is 0.538. The van der Waals surface area contributed by atoms with Crippen LogP contribution >= 0.6 is 11.6 Å². The number of hydrogen-bond acceptors (Lipinski definition) is 4. The molecule has 118 valence electrons. The number of anilines is 1. The van der Waals surface area contributed by atoms with Gasteiger partial charge in [0.2, 0.25) is 10.0 Å². The van der Waals surface area contributed by atoms with Gasteiger partial charge in [-0.15, -0.1) is 0 Å². The number of ether oxygens (including phenoxy) is 1. The smallest absolute Gasteiger partial charge is 0.243 e. The van der Waals surface area contributed by atoms with Crippen molar-refractivity contribution in [2.45, 2.75) is 30.8 Å². The van der Waals surface area contributed by atoms with Crippen molar-refractivity contribution in [1.82, 2.24) is 4.72 Å². The maximum atomic E-state index is 13.9. The Balaban J connectivity index is 2.16. The van der Waals surface area contributed by atoms with Crippen molar-refractivity contribution in [3.8, 4) is 0 Å². The standard InChI is InChI=1S/C13H18ClFN2O3S/c1-2-11-8(3-4-20-11)7-17-21(18,19)12-6-9(14)5-10(16)13(12)15/h5-6,8,11,17H,2-4,7,16H2,1H3. The SMILES string of the molecule is CCC1OCCC1CNS(=O)(=O)c1cc(Cl)cc(N)c1F. The lowest BCUT2D eigenvalue weighted by atomic mass is 10.0. The summed E-state index contributed by atoms with van der Waals surface area (Å²) in [5.74, 6) is -0.897. The van der Waals surface area contributed by atoms with E-state index in [2.05, 4.69) is 4.72 Å². The average Bonchev–Trinajstić information content (AvgIpc) is 2.88. The summed E-state index contributed by atoms with van der Waals surface area (Å²) in [5, 5.41) is 0.0740. The highest BCUT2D eigenvalue weighted by molar-refractivity contribution is 7.89. The molecule has 2 unspecified atom stereocenters. The van der Waals surface area contributed by atoms with E-state index >= 15 is 0 Å². The molecule has 2 rings (SSSR count). The van der Waals surface area contributed by atoms with E-state index in [1.54, 1.807) is 0 Å². The first-order valence-electron chi connectivity index (χ1n) is 6.71. The van der Waals surface area contributed by atoms with Crippen LogP contribution in [-0.2, 0) is 14.8 Å². The third kappa shape index (κ3) is 3.66. The van der Waals surface area contributed by atoms with Crippen LogP contribution in [0.3, 0.4) is 0 Å². The summed E-state index contributed by atoms with van der Waals surface area (Å²) in [7, 11) is -4.00. The highest BCUT2D eigenvalue weighted by Crippen LogP contribution is 2.26. The summed E-state index contributed by atoms with van der Waals surface area (Å²) in [4.78, 5) is -0.528. The van der Waals surface area contributed by atoms with Gasteiger partial charge in [0.15, 0.2) is 5.82 Å². The molecule has 1 saturated heterocycles. The van der Waals surface area contributed by atoms with E-state index in [1.165, 1.54) is 6.07 Å². The van der Waals surface area contributed by atoms with Crippen LogP contribution in [0.15, 0.2) is 17.0 Å². The third-order valence-corrected chi connectivity index (χ3v) is 5.25. The Morgan fingerprint density at radius 1 is 1.52 bits per heavy atom. The first-order chi connectivity index (χ1) is 9.85. The Kier molecular flexibility index (Phi) is 5.08. The molecule has 1 aliphatic rings. The van der Waals surface area contributed by atoms with Gasteiger partial charge >= 0.3 is 0 Å². The lowest BCUT2D eigenvalue weighted by Gasteiger charge is -2.17. The van der Waals surface area contributed by atoms with Crippen LogP contribution in [0.4, 0.5) is 10.1 Å². The second-order valence-electron chi connectivity index (χ2n) is 5.03. The molecule has 0 amide bonds. The number of benzene rings is 1. The van der Waals surface area contributed by atoms with E-state index in [9.17, 15) is 12.8 Å². The molecule has 0 saturated carbocycles. The number of rotatable bonds is 5. The minimum Gasteiger partial charge on any atom is -0.396 e. The molecule has 1 heterocycles. The molecule has 21 heavy (non-hydrogen) atoms. The van der Waals surface area contributed by atoms with Gasteiger partial charge in [0.25, 0.3) is 0 Å². The van der Waals surface area contributed by atoms with Crippen molar-refractivity contribution in [2.24, 2.45) is 5.92 Å². The largest absolute Gasteiger partial charge is 0.396 e. The maximum absolute atomic E-state index is 13.9. The molecule has 8 heteroatoms. The molecule has 1 aromatic rings. The first kappa shape index (κ1) is 16.5. The van der Waals surface area contributed by atoms with Crippen LogP contribution in [0.5, 0.6) is 0 Å². The van der Waals surface area contributed by atoms with Gasteiger partial charge in [-0.25, -0.2) is 17.5 Å². The molecule has 0 aliphatic carbocycles. The third-order valence-electron chi connectivity index (χ3n) is 3.61. The monoisotopic (exact) mass is 336 g/mol. The van der Waals surface area contributed by atoms with Gasteiger partial charge in [-0.05, 0) is 25.0 Å². The zero-order chi connectivity index (χ0) is 15.6. The maximum Gasteiger partial charge on any atom is 0.243 e. The average molecular weight is 337 g/mol. The molecule has 2 atom stereocenters. The number of hydrogen-bond donors (Lipinski definition) is 2. The molecule has 0 aromatic heterocycles. The van der Waals surface area contributed by atoms with E-state index < -0.39 is 20.7 Å². The molecule has 0 radical (unpaired) electrons. The Morgan fingerprint density at radius 3 is 2.90 bits per heavy atom. The van der Waals surface area contributed by atoms with Crippen LogP contribution in [0.25, 0.3) is 0 Å². The summed E-state index contributed by atoms with van der Waals surface area (Å²) in [6, 6.07) is 2.23. The zero-order valence-corrected chi connectivity index (χ0v) is 13.2. The van der Waals surface area contributed by atoms with Crippen LogP contribution < -0.4 is 10.5 Å². The van der Waals surface area contributed by atoms with Gasteiger partial charge in [-0.1, -0.05) is 18.5 Å². The highest BCUT2D eigenvalue weighted by atomic mass is 35.5.